The van der Waals surface area contributed by atoms with Crippen LogP contribution in [0.15, 0.2) is 54.6 Å². The Kier molecular flexibility index (Phi) is 5.98. The highest BCUT2D eigenvalue weighted by Crippen LogP contribution is 2.38. The van der Waals surface area contributed by atoms with Gasteiger partial charge in [-0.2, -0.15) is 0 Å². The Balaban J connectivity index is 1.43. The van der Waals surface area contributed by atoms with Crippen LogP contribution in [0.2, 0.25) is 0 Å². The number of rotatable bonds is 5. The number of hydrogen-bond donors (Lipinski definition) is 0. The highest BCUT2D eigenvalue weighted by molar-refractivity contribution is 8.00. The van der Waals surface area contributed by atoms with Gasteiger partial charge in [0.25, 0.3) is 5.91 Å². The van der Waals surface area contributed by atoms with Crippen LogP contribution in [0.1, 0.15) is 26.9 Å². The summed E-state index contributed by atoms with van der Waals surface area (Å²) >= 11 is 1.65. The maximum absolute atomic E-state index is 12.6. The summed E-state index contributed by atoms with van der Waals surface area (Å²) < 4.78 is 5.32. The third kappa shape index (κ3) is 4.23. The topological polar surface area (TPSA) is 49.9 Å². The maximum atomic E-state index is 12.6. The molecule has 0 saturated carbocycles. The summed E-state index contributed by atoms with van der Waals surface area (Å²) in [6.07, 6.45) is 0.844. The van der Waals surface area contributed by atoms with E-state index in [0.29, 0.717) is 44.2 Å². The van der Waals surface area contributed by atoms with Crippen LogP contribution in [-0.4, -0.2) is 60.2 Å². The van der Waals surface area contributed by atoms with E-state index in [9.17, 15) is 9.59 Å². The van der Waals surface area contributed by atoms with Crippen LogP contribution in [0, 0.1) is 0 Å². The Morgan fingerprint density at radius 2 is 1.75 bits per heavy atom. The van der Waals surface area contributed by atoms with Crippen molar-refractivity contribution in [2.45, 2.75) is 11.8 Å². The molecule has 0 aliphatic carbocycles. The SMILES string of the molecule is O=C(c1ccc(C2SCC(=O)N2CCc2ccccc2)cc1)N1CCOCC1. The second kappa shape index (κ2) is 8.80. The van der Waals surface area contributed by atoms with E-state index in [1.165, 1.54) is 5.56 Å². The van der Waals surface area contributed by atoms with E-state index in [0.717, 1.165) is 12.0 Å². The van der Waals surface area contributed by atoms with E-state index >= 15 is 0 Å². The van der Waals surface area contributed by atoms with Crippen LogP contribution < -0.4 is 0 Å². The first kappa shape index (κ1) is 19.0. The molecule has 5 nitrogen and oxygen atoms in total. The van der Waals surface area contributed by atoms with Crippen LogP contribution in [-0.2, 0) is 16.0 Å². The standard InChI is InChI=1S/C22H24N2O3S/c25-20-16-28-22(24(20)11-10-17-4-2-1-3-5-17)19-8-6-18(7-9-19)21(26)23-12-14-27-15-13-23/h1-9,22H,10-16H2. The normalized spacial score (nSPS) is 19.9. The highest BCUT2D eigenvalue weighted by atomic mass is 32.2. The molecule has 2 saturated heterocycles. The average Bonchev–Trinajstić information content (AvgIpc) is 3.13. The number of hydrogen-bond acceptors (Lipinski definition) is 4. The molecule has 2 fully saturated rings. The molecule has 2 aromatic rings. The molecule has 6 heteroatoms. The van der Waals surface area contributed by atoms with Gasteiger partial charge in [-0.3, -0.25) is 9.59 Å². The summed E-state index contributed by atoms with van der Waals surface area (Å²) in [5.74, 6) is 0.735. The summed E-state index contributed by atoms with van der Waals surface area (Å²) in [6.45, 7) is 3.18. The predicted molar refractivity (Wildman–Crippen MR) is 110 cm³/mol. The first-order chi connectivity index (χ1) is 13.7. The molecule has 2 aromatic carbocycles. The van der Waals surface area contributed by atoms with Gasteiger partial charge in [0.2, 0.25) is 5.91 Å². The number of carbonyl (C=O) groups excluding carboxylic acids is 2. The number of carbonyl (C=O) groups is 2. The van der Waals surface area contributed by atoms with Crippen molar-refractivity contribution in [1.82, 2.24) is 9.80 Å². The monoisotopic (exact) mass is 396 g/mol. The number of ether oxygens (including phenoxy) is 1. The van der Waals surface area contributed by atoms with E-state index < -0.39 is 0 Å². The van der Waals surface area contributed by atoms with Crippen LogP contribution in [0.25, 0.3) is 0 Å². The smallest absolute Gasteiger partial charge is 0.254 e. The zero-order chi connectivity index (χ0) is 19.3. The van der Waals surface area contributed by atoms with Gasteiger partial charge in [-0.05, 0) is 29.7 Å². The number of thioether (sulfide) groups is 1. The molecular weight excluding hydrogens is 372 g/mol. The molecule has 2 heterocycles. The van der Waals surface area contributed by atoms with Crippen LogP contribution in [0.4, 0.5) is 0 Å². The molecule has 2 aliphatic rings. The maximum Gasteiger partial charge on any atom is 0.254 e. The Hall–Kier alpha value is -2.31. The van der Waals surface area contributed by atoms with Gasteiger partial charge in [-0.25, -0.2) is 0 Å². The number of morpholine rings is 1. The molecule has 0 spiro atoms. The van der Waals surface area contributed by atoms with Crippen molar-refractivity contribution in [3.63, 3.8) is 0 Å². The fourth-order valence-corrected chi connectivity index (χ4v) is 4.82. The molecule has 2 amide bonds. The van der Waals surface area contributed by atoms with Gasteiger partial charge in [0.05, 0.1) is 19.0 Å². The van der Waals surface area contributed by atoms with Crippen LogP contribution in [0.5, 0.6) is 0 Å². The van der Waals surface area contributed by atoms with E-state index in [1.54, 1.807) is 11.8 Å². The zero-order valence-electron chi connectivity index (χ0n) is 15.8. The summed E-state index contributed by atoms with van der Waals surface area (Å²) in [4.78, 5) is 28.8. The molecule has 0 aromatic heterocycles. The average molecular weight is 397 g/mol. The lowest BCUT2D eigenvalue weighted by Gasteiger charge is -2.27. The van der Waals surface area contributed by atoms with Gasteiger partial charge >= 0.3 is 0 Å². The van der Waals surface area contributed by atoms with Crippen molar-refractivity contribution in [3.05, 3.63) is 71.3 Å². The van der Waals surface area contributed by atoms with Crippen molar-refractivity contribution in [3.8, 4) is 0 Å². The highest BCUT2D eigenvalue weighted by Gasteiger charge is 2.32. The summed E-state index contributed by atoms with van der Waals surface area (Å²) in [6, 6.07) is 18.0. The first-order valence-electron chi connectivity index (χ1n) is 9.64. The Bertz CT molecular complexity index is 819. The minimum atomic E-state index is 0.0174. The predicted octanol–water partition coefficient (Wildman–Crippen LogP) is 2.98. The fourth-order valence-electron chi connectivity index (χ4n) is 3.61. The molecular formula is C22H24N2O3S. The van der Waals surface area contributed by atoms with Crippen molar-refractivity contribution in [2.75, 3.05) is 38.6 Å². The summed E-state index contributed by atoms with van der Waals surface area (Å²) in [7, 11) is 0. The molecule has 4 rings (SSSR count). The van der Waals surface area contributed by atoms with E-state index in [4.69, 9.17) is 4.74 Å². The molecule has 1 unspecified atom stereocenters. The number of benzene rings is 2. The second-order valence-electron chi connectivity index (χ2n) is 7.01. The third-order valence-electron chi connectivity index (χ3n) is 5.19. The molecule has 0 N–H and O–H groups in total. The molecule has 1 atom stereocenters. The van der Waals surface area contributed by atoms with Crippen LogP contribution in [0.3, 0.4) is 0 Å². The Morgan fingerprint density at radius 3 is 2.46 bits per heavy atom. The van der Waals surface area contributed by atoms with Crippen molar-refractivity contribution >= 4 is 23.6 Å². The van der Waals surface area contributed by atoms with E-state index in [1.807, 2.05) is 52.3 Å². The third-order valence-corrected chi connectivity index (χ3v) is 6.45. The molecule has 28 heavy (non-hydrogen) atoms. The molecule has 0 bridgehead atoms. The number of nitrogens with zero attached hydrogens (tertiary/aromatic N) is 2. The van der Waals surface area contributed by atoms with Gasteiger partial charge in [0, 0.05) is 25.2 Å². The minimum absolute atomic E-state index is 0.0174. The Morgan fingerprint density at radius 1 is 1.04 bits per heavy atom. The van der Waals surface area contributed by atoms with Crippen molar-refractivity contribution in [2.24, 2.45) is 0 Å². The summed E-state index contributed by atoms with van der Waals surface area (Å²) in [5.41, 5.74) is 3.00. The Labute approximate surface area is 169 Å². The first-order valence-corrected chi connectivity index (χ1v) is 10.7. The van der Waals surface area contributed by atoms with E-state index in [-0.39, 0.29) is 17.2 Å². The molecule has 0 radical (unpaired) electrons. The molecule has 146 valence electrons. The molecule has 2 aliphatic heterocycles. The van der Waals surface area contributed by atoms with E-state index in [2.05, 4.69) is 12.1 Å². The lowest BCUT2D eigenvalue weighted by Crippen LogP contribution is -2.40. The quantitative estimate of drug-likeness (QED) is 0.780. The lowest BCUT2D eigenvalue weighted by atomic mass is 10.1. The zero-order valence-corrected chi connectivity index (χ0v) is 16.6. The van der Waals surface area contributed by atoms with Gasteiger partial charge in [0.1, 0.15) is 5.37 Å². The van der Waals surface area contributed by atoms with Gasteiger partial charge in [0.15, 0.2) is 0 Å². The van der Waals surface area contributed by atoms with Gasteiger partial charge in [-0.1, -0.05) is 42.5 Å². The number of amides is 2. The minimum Gasteiger partial charge on any atom is -0.378 e. The largest absolute Gasteiger partial charge is 0.378 e. The summed E-state index contributed by atoms with van der Waals surface area (Å²) in [5, 5.41) is 0.0174. The fraction of sp³-hybridized carbons (Fsp3) is 0.364. The lowest BCUT2D eigenvalue weighted by molar-refractivity contribution is -0.128. The van der Waals surface area contributed by atoms with Crippen molar-refractivity contribution < 1.29 is 14.3 Å². The van der Waals surface area contributed by atoms with Crippen molar-refractivity contribution in [1.29, 1.82) is 0 Å². The van der Waals surface area contributed by atoms with Gasteiger partial charge in [-0.15, -0.1) is 11.8 Å². The van der Waals surface area contributed by atoms with Gasteiger partial charge < -0.3 is 14.5 Å². The van der Waals surface area contributed by atoms with Crippen LogP contribution >= 0.6 is 11.8 Å². The second-order valence-corrected chi connectivity index (χ2v) is 8.08.